The second kappa shape index (κ2) is 9.93. The smallest absolute Gasteiger partial charge is 0.338 e. The maximum Gasteiger partial charge on any atom is 0.338 e. The molecule has 1 aliphatic carbocycles. The molecule has 5 heteroatoms. The Morgan fingerprint density at radius 3 is 2.21 bits per heavy atom. The molecule has 1 N–H and O–H groups in total. The van der Waals surface area contributed by atoms with Gasteiger partial charge in [-0.05, 0) is 80.6 Å². The SMILES string of the molecule is CCCOc1ccc(C(=O)Nc2ccc(C(=O)OC3CCCCC3)cc2)cc1. The van der Waals surface area contributed by atoms with Crippen LogP contribution in [0.2, 0.25) is 0 Å². The lowest BCUT2D eigenvalue weighted by Gasteiger charge is -2.21. The van der Waals surface area contributed by atoms with E-state index in [4.69, 9.17) is 9.47 Å². The number of anilines is 1. The molecule has 2 aromatic rings. The predicted molar refractivity (Wildman–Crippen MR) is 109 cm³/mol. The highest BCUT2D eigenvalue weighted by molar-refractivity contribution is 6.04. The second-order valence-electron chi connectivity index (χ2n) is 7.07. The second-order valence-corrected chi connectivity index (χ2v) is 7.07. The largest absolute Gasteiger partial charge is 0.494 e. The summed E-state index contributed by atoms with van der Waals surface area (Å²) in [4.78, 5) is 24.6. The van der Waals surface area contributed by atoms with Crippen molar-refractivity contribution in [1.29, 1.82) is 0 Å². The van der Waals surface area contributed by atoms with Gasteiger partial charge in [0.2, 0.25) is 0 Å². The first-order valence-corrected chi connectivity index (χ1v) is 10.0. The van der Waals surface area contributed by atoms with Crippen LogP contribution in [-0.4, -0.2) is 24.6 Å². The highest BCUT2D eigenvalue weighted by atomic mass is 16.5. The zero-order chi connectivity index (χ0) is 19.8. The molecule has 0 bridgehead atoms. The fraction of sp³-hybridized carbons (Fsp3) is 0.391. The Bertz CT molecular complexity index is 777. The van der Waals surface area contributed by atoms with Crippen molar-refractivity contribution in [3.8, 4) is 5.75 Å². The van der Waals surface area contributed by atoms with Crippen LogP contribution in [0, 0.1) is 0 Å². The minimum absolute atomic E-state index is 0.0323. The maximum atomic E-state index is 12.4. The van der Waals surface area contributed by atoms with Gasteiger partial charge in [0, 0.05) is 11.3 Å². The molecule has 2 aromatic carbocycles. The van der Waals surface area contributed by atoms with Crippen molar-refractivity contribution in [2.45, 2.75) is 51.6 Å². The van der Waals surface area contributed by atoms with Crippen LogP contribution in [-0.2, 0) is 4.74 Å². The van der Waals surface area contributed by atoms with Crippen LogP contribution in [0.5, 0.6) is 5.75 Å². The van der Waals surface area contributed by atoms with Crippen molar-refractivity contribution in [2.75, 3.05) is 11.9 Å². The van der Waals surface area contributed by atoms with Crippen LogP contribution in [0.1, 0.15) is 66.2 Å². The molecule has 1 fully saturated rings. The van der Waals surface area contributed by atoms with Gasteiger partial charge < -0.3 is 14.8 Å². The first kappa shape index (κ1) is 19.9. The number of ether oxygens (including phenoxy) is 2. The molecular formula is C23H27NO4. The molecule has 0 aromatic heterocycles. The Morgan fingerprint density at radius 2 is 1.57 bits per heavy atom. The molecule has 0 atom stereocenters. The number of hydrogen-bond acceptors (Lipinski definition) is 4. The first-order valence-electron chi connectivity index (χ1n) is 10.0. The molecule has 5 nitrogen and oxygen atoms in total. The van der Waals surface area contributed by atoms with E-state index in [1.54, 1.807) is 48.5 Å². The normalized spacial score (nSPS) is 14.3. The van der Waals surface area contributed by atoms with Gasteiger partial charge in [0.25, 0.3) is 5.91 Å². The number of esters is 1. The van der Waals surface area contributed by atoms with Gasteiger partial charge in [-0.3, -0.25) is 4.79 Å². The molecule has 0 aliphatic heterocycles. The van der Waals surface area contributed by atoms with Crippen molar-refractivity contribution in [2.24, 2.45) is 0 Å². The molecule has 1 saturated carbocycles. The summed E-state index contributed by atoms with van der Waals surface area (Å²) < 4.78 is 11.1. The van der Waals surface area contributed by atoms with E-state index in [1.165, 1.54) is 6.42 Å². The van der Waals surface area contributed by atoms with E-state index in [0.29, 0.717) is 23.4 Å². The lowest BCUT2D eigenvalue weighted by atomic mass is 9.98. The van der Waals surface area contributed by atoms with Crippen LogP contribution in [0.4, 0.5) is 5.69 Å². The molecule has 28 heavy (non-hydrogen) atoms. The molecule has 1 amide bonds. The number of hydrogen-bond donors (Lipinski definition) is 1. The Morgan fingerprint density at radius 1 is 0.929 bits per heavy atom. The van der Waals surface area contributed by atoms with Crippen molar-refractivity contribution in [3.63, 3.8) is 0 Å². The Labute approximate surface area is 166 Å². The number of carbonyl (C=O) groups excluding carboxylic acids is 2. The van der Waals surface area contributed by atoms with Gasteiger partial charge in [0.1, 0.15) is 11.9 Å². The quantitative estimate of drug-likeness (QED) is 0.668. The number of benzene rings is 2. The lowest BCUT2D eigenvalue weighted by Crippen LogP contribution is -2.20. The van der Waals surface area contributed by atoms with E-state index in [0.717, 1.165) is 37.9 Å². The van der Waals surface area contributed by atoms with Gasteiger partial charge in [0.05, 0.1) is 12.2 Å². The lowest BCUT2D eigenvalue weighted by molar-refractivity contribution is 0.0211. The average molecular weight is 381 g/mol. The van der Waals surface area contributed by atoms with Crippen LogP contribution in [0.3, 0.4) is 0 Å². The topological polar surface area (TPSA) is 64.6 Å². The van der Waals surface area contributed by atoms with E-state index in [9.17, 15) is 9.59 Å². The monoisotopic (exact) mass is 381 g/mol. The van der Waals surface area contributed by atoms with Gasteiger partial charge in [0.15, 0.2) is 0 Å². The third kappa shape index (κ3) is 5.59. The van der Waals surface area contributed by atoms with Crippen LogP contribution < -0.4 is 10.1 Å². The molecule has 148 valence electrons. The Hall–Kier alpha value is -2.82. The van der Waals surface area contributed by atoms with Crippen LogP contribution in [0.25, 0.3) is 0 Å². The Balaban J connectivity index is 1.54. The number of rotatable bonds is 7. The molecule has 3 rings (SSSR count). The predicted octanol–water partition coefficient (Wildman–Crippen LogP) is 5.22. The molecule has 0 heterocycles. The maximum absolute atomic E-state index is 12.4. The van der Waals surface area contributed by atoms with Crippen molar-refractivity contribution in [3.05, 3.63) is 59.7 Å². The summed E-state index contributed by atoms with van der Waals surface area (Å²) in [6, 6.07) is 13.8. The van der Waals surface area contributed by atoms with E-state index < -0.39 is 0 Å². The van der Waals surface area contributed by atoms with Crippen molar-refractivity contribution in [1.82, 2.24) is 0 Å². The third-order valence-corrected chi connectivity index (χ3v) is 4.79. The zero-order valence-electron chi connectivity index (χ0n) is 16.3. The van der Waals surface area contributed by atoms with Crippen LogP contribution in [0.15, 0.2) is 48.5 Å². The highest BCUT2D eigenvalue weighted by Crippen LogP contribution is 2.22. The van der Waals surface area contributed by atoms with Crippen molar-refractivity contribution >= 4 is 17.6 Å². The molecule has 0 radical (unpaired) electrons. The summed E-state index contributed by atoms with van der Waals surface area (Å²) in [5.41, 5.74) is 1.68. The molecule has 0 unspecified atom stereocenters. The fourth-order valence-electron chi connectivity index (χ4n) is 3.22. The summed E-state index contributed by atoms with van der Waals surface area (Å²) in [6.07, 6.45) is 6.32. The van der Waals surface area contributed by atoms with E-state index in [1.807, 2.05) is 6.92 Å². The fourth-order valence-corrected chi connectivity index (χ4v) is 3.22. The first-order chi connectivity index (χ1) is 13.7. The van der Waals surface area contributed by atoms with Gasteiger partial charge >= 0.3 is 5.97 Å². The zero-order valence-corrected chi connectivity index (χ0v) is 16.3. The van der Waals surface area contributed by atoms with Crippen molar-refractivity contribution < 1.29 is 19.1 Å². The summed E-state index contributed by atoms with van der Waals surface area (Å²) >= 11 is 0. The minimum atomic E-state index is -0.299. The summed E-state index contributed by atoms with van der Waals surface area (Å²) in [7, 11) is 0. The molecule has 0 saturated heterocycles. The third-order valence-electron chi connectivity index (χ3n) is 4.79. The average Bonchev–Trinajstić information content (AvgIpc) is 2.74. The standard InChI is InChI=1S/C23H27NO4/c1-2-16-27-20-14-10-17(11-15-20)22(25)24-19-12-8-18(9-13-19)23(26)28-21-6-4-3-5-7-21/h8-15,21H,2-7,16H2,1H3,(H,24,25). The molecular weight excluding hydrogens is 354 g/mol. The minimum Gasteiger partial charge on any atom is -0.494 e. The van der Waals surface area contributed by atoms with E-state index >= 15 is 0 Å². The van der Waals surface area contributed by atoms with Gasteiger partial charge in [-0.15, -0.1) is 0 Å². The number of carbonyl (C=O) groups is 2. The summed E-state index contributed by atoms with van der Waals surface area (Å²) in [5.74, 6) is 0.242. The molecule has 1 aliphatic rings. The highest BCUT2D eigenvalue weighted by Gasteiger charge is 2.18. The van der Waals surface area contributed by atoms with E-state index in [2.05, 4.69) is 5.32 Å². The van der Waals surface area contributed by atoms with Gasteiger partial charge in [-0.2, -0.15) is 0 Å². The number of amides is 1. The van der Waals surface area contributed by atoms with Crippen LogP contribution >= 0.6 is 0 Å². The summed E-state index contributed by atoms with van der Waals surface area (Å²) in [5, 5.41) is 2.84. The van der Waals surface area contributed by atoms with Gasteiger partial charge in [-0.25, -0.2) is 4.79 Å². The number of nitrogens with one attached hydrogen (secondary N) is 1. The van der Waals surface area contributed by atoms with Gasteiger partial charge in [-0.1, -0.05) is 13.3 Å². The van der Waals surface area contributed by atoms with E-state index in [-0.39, 0.29) is 18.0 Å². The summed E-state index contributed by atoms with van der Waals surface area (Å²) in [6.45, 7) is 2.70. The molecule has 0 spiro atoms. The Kier molecular flexibility index (Phi) is 7.06.